The second-order valence-electron chi connectivity index (χ2n) is 3.57. The third kappa shape index (κ3) is 1.27. The summed E-state index contributed by atoms with van der Waals surface area (Å²) in [6, 6.07) is 0.752. The highest BCUT2D eigenvalue weighted by Crippen LogP contribution is 2.29. The van der Waals surface area contributed by atoms with Crippen LogP contribution in [0.4, 0.5) is 0 Å². The van der Waals surface area contributed by atoms with E-state index in [1.165, 1.54) is 31.2 Å². The lowest BCUT2D eigenvalue weighted by Gasteiger charge is -2.30. The Labute approximate surface area is 67.5 Å². The Balaban J connectivity index is 2.02. The van der Waals surface area contributed by atoms with Gasteiger partial charge >= 0.3 is 0 Å². The van der Waals surface area contributed by atoms with Crippen molar-refractivity contribution in [2.24, 2.45) is 0 Å². The Morgan fingerprint density at radius 3 is 3.18 bits per heavy atom. The molecule has 0 amide bonds. The lowest BCUT2D eigenvalue weighted by atomic mass is 9.98. The molecule has 11 heavy (non-hydrogen) atoms. The number of fused-ring (bicyclic) bond motifs is 1. The normalized spacial score (nSPS) is 36.0. The molecule has 0 aromatic carbocycles. The van der Waals surface area contributed by atoms with Crippen LogP contribution in [0, 0.1) is 0 Å². The van der Waals surface area contributed by atoms with Crippen LogP contribution in [0.3, 0.4) is 0 Å². The zero-order valence-electron chi connectivity index (χ0n) is 6.79. The molecule has 1 atom stereocenters. The molecule has 2 nitrogen and oxygen atoms in total. The molecule has 2 heteroatoms. The van der Waals surface area contributed by atoms with E-state index >= 15 is 0 Å². The predicted octanol–water partition coefficient (Wildman–Crippen LogP) is 1.69. The van der Waals surface area contributed by atoms with Gasteiger partial charge in [-0.15, -0.1) is 0 Å². The maximum Gasteiger partial charge on any atom is 0.0784 e. The van der Waals surface area contributed by atoms with Gasteiger partial charge in [-0.3, -0.25) is 4.90 Å². The average Bonchev–Trinajstić information content (AvgIpc) is 2.50. The van der Waals surface area contributed by atoms with E-state index in [-0.39, 0.29) is 0 Å². The Morgan fingerprint density at radius 2 is 2.36 bits per heavy atom. The zero-order chi connectivity index (χ0) is 7.68. The molecule has 0 saturated carbocycles. The van der Waals surface area contributed by atoms with E-state index < -0.39 is 0 Å². The Hall–Kier alpha value is -0.500. The average molecular weight is 153 g/mol. The van der Waals surface area contributed by atoms with E-state index in [9.17, 15) is 0 Å². The quantitative estimate of drug-likeness (QED) is 0.535. The molecule has 1 unspecified atom stereocenters. The van der Waals surface area contributed by atoms with Gasteiger partial charge in [0.15, 0.2) is 0 Å². The molecule has 0 spiro atoms. The minimum absolute atomic E-state index is 0.752. The molecular weight excluding hydrogens is 138 g/mol. The number of hydrogen-bond donors (Lipinski definition) is 1. The lowest BCUT2D eigenvalue weighted by molar-refractivity contribution is 0.225. The van der Waals surface area contributed by atoms with E-state index in [1.54, 1.807) is 0 Å². The number of piperidine rings is 1. The van der Waals surface area contributed by atoms with E-state index in [1.807, 2.05) is 0 Å². The van der Waals surface area contributed by atoms with Gasteiger partial charge in [-0.2, -0.15) is 0 Å². The zero-order valence-corrected chi connectivity index (χ0v) is 6.79. The minimum atomic E-state index is 0.752. The van der Waals surface area contributed by atoms with E-state index in [0.29, 0.717) is 0 Å². The molecule has 2 saturated heterocycles. The molecule has 2 aliphatic rings. The van der Waals surface area contributed by atoms with Crippen molar-refractivity contribution in [3.63, 3.8) is 0 Å². The summed E-state index contributed by atoms with van der Waals surface area (Å²) in [7, 11) is 0. The fourth-order valence-electron chi connectivity index (χ4n) is 2.23. The first-order valence-electron chi connectivity index (χ1n) is 4.46. The van der Waals surface area contributed by atoms with Gasteiger partial charge in [-0.1, -0.05) is 0 Å². The number of aliphatic hydroxyl groups excluding tert-OH is 1. The van der Waals surface area contributed by atoms with Crippen molar-refractivity contribution in [3.8, 4) is 0 Å². The summed E-state index contributed by atoms with van der Waals surface area (Å²) >= 11 is 0. The van der Waals surface area contributed by atoms with Crippen molar-refractivity contribution in [2.75, 3.05) is 13.1 Å². The smallest absolute Gasteiger partial charge is 0.0784 e. The van der Waals surface area contributed by atoms with Crippen LogP contribution in [0.2, 0.25) is 0 Å². The Bertz CT molecular complexity index is 176. The van der Waals surface area contributed by atoms with Crippen LogP contribution in [0.1, 0.15) is 25.7 Å². The number of hydrogen-bond acceptors (Lipinski definition) is 2. The molecule has 2 aliphatic heterocycles. The SMILES string of the molecule is O/C=C1\CCN2CCCC2C1. The molecule has 0 bridgehead atoms. The highest BCUT2D eigenvalue weighted by atomic mass is 16.2. The van der Waals surface area contributed by atoms with Crippen molar-refractivity contribution >= 4 is 0 Å². The minimum Gasteiger partial charge on any atom is -0.516 e. The molecule has 2 heterocycles. The van der Waals surface area contributed by atoms with E-state index in [2.05, 4.69) is 4.90 Å². The summed E-state index contributed by atoms with van der Waals surface area (Å²) in [5.41, 5.74) is 1.24. The number of aliphatic hydroxyl groups is 1. The summed E-state index contributed by atoms with van der Waals surface area (Å²) in [5, 5.41) is 8.83. The summed E-state index contributed by atoms with van der Waals surface area (Å²) < 4.78 is 0. The van der Waals surface area contributed by atoms with Gasteiger partial charge in [0, 0.05) is 12.6 Å². The van der Waals surface area contributed by atoms with Gasteiger partial charge in [-0.25, -0.2) is 0 Å². The van der Waals surface area contributed by atoms with Crippen molar-refractivity contribution in [2.45, 2.75) is 31.7 Å². The van der Waals surface area contributed by atoms with Crippen LogP contribution in [0.5, 0.6) is 0 Å². The van der Waals surface area contributed by atoms with Crippen LogP contribution < -0.4 is 0 Å². The fraction of sp³-hybridized carbons (Fsp3) is 0.778. The van der Waals surface area contributed by atoms with Gasteiger partial charge in [0.05, 0.1) is 6.26 Å². The monoisotopic (exact) mass is 153 g/mol. The molecular formula is C9H15NO. The topological polar surface area (TPSA) is 23.5 Å². The van der Waals surface area contributed by atoms with Crippen LogP contribution in [-0.4, -0.2) is 29.1 Å². The molecule has 0 radical (unpaired) electrons. The molecule has 2 fully saturated rings. The van der Waals surface area contributed by atoms with Gasteiger partial charge in [0.25, 0.3) is 0 Å². The summed E-state index contributed by atoms with van der Waals surface area (Å²) in [6.45, 7) is 2.44. The molecule has 0 aromatic heterocycles. The number of rotatable bonds is 0. The Morgan fingerprint density at radius 1 is 1.45 bits per heavy atom. The first-order chi connectivity index (χ1) is 5.40. The van der Waals surface area contributed by atoms with Crippen LogP contribution in [-0.2, 0) is 0 Å². The third-order valence-corrected chi connectivity index (χ3v) is 2.90. The second-order valence-corrected chi connectivity index (χ2v) is 3.57. The highest BCUT2D eigenvalue weighted by Gasteiger charge is 2.28. The molecule has 0 aromatic rings. The molecule has 0 aliphatic carbocycles. The Kier molecular flexibility index (Phi) is 1.86. The van der Waals surface area contributed by atoms with Crippen molar-refractivity contribution in [1.29, 1.82) is 0 Å². The summed E-state index contributed by atoms with van der Waals surface area (Å²) in [6.07, 6.45) is 6.18. The maximum absolute atomic E-state index is 8.83. The summed E-state index contributed by atoms with van der Waals surface area (Å²) in [5.74, 6) is 0. The van der Waals surface area contributed by atoms with Crippen molar-refractivity contribution in [1.82, 2.24) is 4.90 Å². The van der Waals surface area contributed by atoms with Crippen molar-refractivity contribution < 1.29 is 5.11 Å². The van der Waals surface area contributed by atoms with Crippen LogP contribution in [0.15, 0.2) is 11.8 Å². The van der Waals surface area contributed by atoms with Crippen molar-refractivity contribution in [3.05, 3.63) is 11.8 Å². The van der Waals surface area contributed by atoms with E-state index in [0.717, 1.165) is 25.4 Å². The first-order valence-corrected chi connectivity index (χ1v) is 4.46. The van der Waals surface area contributed by atoms with Crippen LogP contribution >= 0.6 is 0 Å². The second kappa shape index (κ2) is 2.86. The highest BCUT2D eigenvalue weighted by molar-refractivity contribution is 5.06. The molecule has 62 valence electrons. The molecule has 1 N–H and O–H groups in total. The fourth-order valence-corrected chi connectivity index (χ4v) is 2.23. The number of nitrogens with zero attached hydrogens (tertiary/aromatic N) is 1. The predicted molar refractivity (Wildman–Crippen MR) is 44.5 cm³/mol. The van der Waals surface area contributed by atoms with Gasteiger partial charge in [0.1, 0.15) is 0 Å². The van der Waals surface area contributed by atoms with Gasteiger partial charge < -0.3 is 5.11 Å². The summed E-state index contributed by atoms with van der Waals surface area (Å²) in [4.78, 5) is 2.55. The first kappa shape index (κ1) is 7.17. The third-order valence-electron chi connectivity index (χ3n) is 2.90. The largest absolute Gasteiger partial charge is 0.516 e. The standard InChI is InChI=1S/C9H15NO/c11-7-8-3-5-10-4-1-2-9(10)6-8/h7,9,11H,1-6H2/b8-7+. The molecule has 2 rings (SSSR count). The van der Waals surface area contributed by atoms with Gasteiger partial charge in [0.2, 0.25) is 0 Å². The van der Waals surface area contributed by atoms with E-state index in [4.69, 9.17) is 5.11 Å². The van der Waals surface area contributed by atoms with Gasteiger partial charge in [-0.05, 0) is 37.8 Å². The maximum atomic E-state index is 8.83. The lowest BCUT2D eigenvalue weighted by Crippen LogP contribution is -2.34. The van der Waals surface area contributed by atoms with Crippen LogP contribution in [0.25, 0.3) is 0 Å².